The summed E-state index contributed by atoms with van der Waals surface area (Å²) in [4.78, 5) is 18.7. The summed E-state index contributed by atoms with van der Waals surface area (Å²) in [5, 5.41) is 0. The molecule has 6 nitrogen and oxygen atoms in total. The van der Waals surface area contributed by atoms with Crippen LogP contribution in [0.3, 0.4) is 0 Å². The van der Waals surface area contributed by atoms with Gasteiger partial charge in [-0.05, 0) is 44.0 Å². The maximum absolute atomic E-state index is 12.5. The summed E-state index contributed by atoms with van der Waals surface area (Å²) in [7, 11) is 0.315. The maximum Gasteiger partial charge on any atom is 0.235 e. The van der Waals surface area contributed by atoms with E-state index in [-0.39, 0.29) is 17.4 Å². The van der Waals surface area contributed by atoms with Gasteiger partial charge >= 0.3 is 0 Å². The molecule has 1 aromatic carbocycles. The van der Waals surface area contributed by atoms with Crippen LogP contribution < -0.4 is 4.74 Å². The van der Waals surface area contributed by atoms with Crippen molar-refractivity contribution in [3.05, 3.63) is 35.7 Å². The van der Waals surface area contributed by atoms with Crippen LogP contribution in [0.2, 0.25) is 0 Å². The number of hydrogen-bond donors (Lipinski definition) is 0. The van der Waals surface area contributed by atoms with E-state index in [9.17, 15) is 9.00 Å². The van der Waals surface area contributed by atoms with E-state index in [0.717, 1.165) is 37.2 Å². The zero-order valence-electron chi connectivity index (χ0n) is 15.9. The van der Waals surface area contributed by atoms with Crippen molar-refractivity contribution >= 4 is 16.7 Å². The highest BCUT2D eigenvalue weighted by atomic mass is 32.2. The number of ether oxygens (including phenoxy) is 1. The summed E-state index contributed by atoms with van der Waals surface area (Å²) in [5.41, 5.74) is 1.47. The zero-order valence-corrected chi connectivity index (χ0v) is 16.7. The standard InChI is InChI=1S/C20H26N2O4S/c1-15-18(21-20(26-15)16-7-9-17(25-2)10-8-16)13-27(24)14-19(23)22-11-5-3-4-6-12-22/h7-10H,3-6,11-14H2,1-2H3. The number of amides is 1. The molecule has 0 bridgehead atoms. The molecule has 0 aliphatic carbocycles. The number of oxazole rings is 1. The molecule has 2 aromatic rings. The maximum atomic E-state index is 12.5. The highest BCUT2D eigenvalue weighted by Gasteiger charge is 2.20. The van der Waals surface area contributed by atoms with Gasteiger partial charge in [-0.1, -0.05) is 12.8 Å². The highest BCUT2D eigenvalue weighted by Crippen LogP contribution is 2.24. The molecule has 1 fully saturated rings. The number of aromatic nitrogens is 1. The van der Waals surface area contributed by atoms with Gasteiger partial charge in [0.15, 0.2) is 0 Å². The topological polar surface area (TPSA) is 72.6 Å². The number of carbonyl (C=O) groups excluding carboxylic acids is 1. The lowest BCUT2D eigenvalue weighted by molar-refractivity contribution is -0.128. The van der Waals surface area contributed by atoms with Crippen molar-refractivity contribution in [1.29, 1.82) is 0 Å². The Kier molecular flexibility index (Phi) is 6.66. The minimum absolute atomic E-state index is 0.0215. The number of aryl methyl sites for hydroxylation is 1. The summed E-state index contributed by atoms with van der Waals surface area (Å²) in [6.45, 7) is 3.37. The summed E-state index contributed by atoms with van der Waals surface area (Å²) >= 11 is 0. The molecular weight excluding hydrogens is 364 g/mol. The van der Waals surface area contributed by atoms with Crippen LogP contribution in [0.1, 0.15) is 37.1 Å². The summed E-state index contributed by atoms with van der Waals surface area (Å²) in [6.07, 6.45) is 4.40. The first-order chi connectivity index (χ1) is 13.1. The molecule has 0 radical (unpaired) electrons. The van der Waals surface area contributed by atoms with E-state index < -0.39 is 10.8 Å². The first kappa shape index (κ1) is 19.6. The third kappa shape index (κ3) is 5.19. The molecule has 27 heavy (non-hydrogen) atoms. The van der Waals surface area contributed by atoms with E-state index in [4.69, 9.17) is 9.15 Å². The Morgan fingerprint density at radius 3 is 2.48 bits per heavy atom. The number of likely N-dealkylation sites (tertiary alicyclic amines) is 1. The molecule has 1 aliphatic rings. The number of methoxy groups -OCH3 is 1. The van der Waals surface area contributed by atoms with Crippen LogP contribution in [-0.4, -0.2) is 46.0 Å². The fourth-order valence-electron chi connectivity index (χ4n) is 3.17. The minimum atomic E-state index is -1.30. The van der Waals surface area contributed by atoms with Crippen LogP contribution in [-0.2, 0) is 21.3 Å². The van der Waals surface area contributed by atoms with E-state index in [1.165, 1.54) is 12.8 Å². The second-order valence-corrected chi connectivity index (χ2v) is 8.23. The first-order valence-electron chi connectivity index (χ1n) is 9.30. The van der Waals surface area contributed by atoms with Crippen molar-refractivity contribution in [2.75, 3.05) is 26.0 Å². The van der Waals surface area contributed by atoms with E-state index >= 15 is 0 Å². The molecule has 3 rings (SSSR count). The van der Waals surface area contributed by atoms with Gasteiger partial charge in [0.05, 0.1) is 18.6 Å². The Labute approximate surface area is 162 Å². The van der Waals surface area contributed by atoms with Gasteiger partial charge in [-0.15, -0.1) is 0 Å². The monoisotopic (exact) mass is 390 g/mol. The van der Waals surface area contributed by atoms with Crippen LogP contribution >= 0.6 is 0 Å². The number of nitrogens with zero attached hydrogens (tertiary/aromatic N) is 2. The minimum Gasteiger partial charge on any atom is -0.497 e. The molecule has 0 spiro atoms. The Morgan fingerprint density at radius 2 is 1.85 bits per heavy atom. The normalized spacial score (nSPS) is 16.0. The van der Waals surface area contributed by atoms with E-state index in [2.05, 4.69) is 4.98 Å². The predicted octanol–water partition coefficient (Wildman–Crippen LogP) is 3.31. The molecule has 1 unspecified atom stereocenters. The van der Waals surface area contributed by atoms with Crippen LogP contribution in [0.25, 0.3) is 11.5 Å². The van der Waals surface area contributed by atoms with Crippen LogP contribution in [0.15, 0.2) is 28.7 Å². The van der Waals surface area contributed by atoms with Crippen molar-refractivity contribution in [3.63, 3.8) is 0 Å². The third-order valence-corrected chi connectivity index (χ3v) is 5.93. The van der Waals surface area contributed by atoms with Gasteiger partial charge in [-0.2, -0.15) is 0 Å². The Morgan fingerprint density at radius 1 is 1.19 bits per heavy atom. The summed E-state index contributed by atoms with van der Waals surface area (Å²) in [5.74, 6) is 2.13. The van der Waals surface area contributed by atoms with E-state index in [1.807, 2.05) is 36.1 Å². The van der Waals surface area contributed by atoms with Gasteiger partial charge < -0.3 is 14.1 Å². The van der Waals surface area contributed by atoms with E-state index in [0.29, 0.717) is 17.3 Å². The molecule has 2 heterocycles. The average molecular weight is 391 g/mol. The molecule has 1 atom stereocenters. The fraction of sp³-hybridized carbons (Fsp3) is 0.500. The van der Waals surface area contributed by atoms with Crippen molar-refractivity contribution in [2.45, 2.75) is 38.4 Å². The van der Waals surface area contributed by atoms with Crippen molar-refractivity contribution in [3.8, 4) is 17.2 Å². The Hall–Kier alpha value is -2.15. The summed E-state index contributed by atoms with van der Waals surface area (Å²) in [6, 6.07) is 7.42. The SMILES string of the molecule is COc1ccc(-c2nc(CS(=O)CC(=O)N3CCCCCC3)c(C)o2)cc1. The average Bonchev–Trinajstić information content (AvgIpc) is 2.88. The summed E-state index contributed by atoms with van der Waals surface area (Å²) < 4.78 is 23.4. The van der Waals surface area contributed by atoms with Gasteiger partial charge in [0.2, 0.25) is 11.8 Å². The Balaban J connectivity index is 1.62. The van der Waals surface area contributed by atoms with Crippen LogP contribution in [0.5, 0.6) is 5.75 Å². The second kappa shape index (κ2) is 9.17. The lowest BCUT2D eigenvalue weighted by atomic mass is 10.2. The first-order valence-corrected chi connectivity index (χ1v) is 10.8. The van der Waals surface area contributed by atoms with Crippen molar-refractivity contribution < 1.29 is 18.2 Å². The molecular formula is C20H26N2O4S. The van der Waals surface area contributed by atoms with Gasteiger partial charge in [0.1, 0.15) is 17.3 Å². The van der Waals surface area contributed by atoms with Gasteiger partial charge in [-0.3, -0.25) is 9.00 Å². The van der Waals surface area contributed by atoms with Gasteiger partial charge in [0, 0.05) is 29.5 Å². The smallest absolute Gasteiger partial charge is 0.235 e. The molecule has 1 saturated heterocycles. The lowest BCUT2D eigenvalue weighted by Gasteiger charge is -2.19. The third-order valence-electron chi connectivity index (χ3n) is 4.77. The Bertz CT molecular complexity index is 793. The fourth-order valence-corrected chi connectivity index (χ4v) is 4.30. The molecule has 0 saturated carbocycles. The molecule has 0 N–H and O–H groups in total. The predicted molar refractivity (Wildman–Crippen MR) is 105 cm³/mol. The van der Waals surface area contributed by atoms with E-state index in [1.54, 1.807) is 7.11 Å². The molecule has 146 valence electrons. The van der Waals surface area contributed by atoms with Crippen LogP contribution in [0, 0.1) is 6.92 Å². The second-order valence-electron chi connectivity index (χ2n) is 6.77. The van der Waals surface area contributed by atoms with Crippen molar-refractivity contribution in [1.82, 2.24) is 9.88 Å². The van der Waals surface area contributed by atoms with Gasteiger partial charge in [0.25, 0.3) is 0 Å². The lowest BCUT2D eigenvalue weighted by Crippen LogP contribution is -2.35. The number of hydrogen-bond acceptors (Lipinski definition) is 5. The van der Waals surface area contributed by atoms with Crippen LogP contribution in [0.4, 0.5) is 0 Å². The largest absolute Gasteiger partial charge is 0.497 e. The van der Waals surface area contributed by atoms with Crippen molar-refractivity contribution in [2.24, 2.45) is 0 Å². The molecule has 1 amide bonds. The quantitative estimate of drug-likeness (QED) is 0.757. The zero-order chi connectivity index (χ0) is 19.2. The number of rotatable bonds is 6. The van der Waals surface area contributed by atoms with Gasteiger partial charge in [-0.25, -0.2) is 4.98 Å². The number of benzene rings is 1. The number of carbonyl (C=O) groups is 1. The molecule has 7 heteroatoms. The highest BCUT2D eigenvalue weighted by molar-refractivity contribution is 7.84. The molecule has 1 aliphatic heterocycles. The molecule has 1 aromatic heterocycles.